The summed E-state index contributed by atoms with van der Waals surface area (Å²) in [5, 5.41) is 0.593. The van der Waals surface area contributed by atoms with Gasteiger partial charge in [-0.2, -0.15) is 0 Å². The fraction of sp³-hybridized carbons (Fsp3) is 0.0909. The van der Waals surface area contributed by atoms with Crippen LogP contribution in [0.1, 0.15) is 11.1 Å². The van der Waals surface area contributed by atoms with E-state index < -0.39 is 0 Å². The Balaban J connectivity index is 1.85. The summed E-state index contributed by atoms with van der Waals surface area (Å²) in [5.41, 5.74) is 6.94. The lowest BCUT2D eigenvalue weighted by molar-refractivity contribution is 0.801. The van der Waals surface area contributed by atoms with E-state index in [2.05, 4.69) is 21.4 Å². The highest BCUT2D eigenvalue weighted by Crippen LogP contribution is 2.20. The average molecular weight is 420 g/mol. The van der Waals surface area contributed by atoms with Gasteiger partial charge in [0.25, 0.3) is 5.56 Å². The first-order valence-electron chi connectivity index (χ1n) is 8.69. The van der Waals surface area contributed by atoms with Crippen LogP contribution in [0.2, 0.25) is 0 Å². The Morgan fingerprint density at radius 2 is 1.81 bits per heavy atom. The minimum Gasteiger partial charge on any atom is -0.317 e. The molecule has 1 heterocycles. The van der Waals surface area contributed by atoms with Crippen molar-refractivity contribution in [3.63, 3.8) is 0 Å². The number of aryl methyl sites for hydroxylation is 1. The molecule has 4 rings (SSSR count). The third-order valence-electron chi connectivity index (χ3n) is 4.38. The summed E-state index contributed by atoms with van der Waals surface area (Å²) in [6, 6.07) is 23.4. The van der Waals surface area contributed by atoms with Gasteiger partial charge in [-0.05, 0) is 42.8 Å². The van der Waals surface area contributed by atoms with E-state index in [9.17, 15) is 4.79 Å². The number of hydrogen-bond acceptors (Lipinski definition) is 3. The smallest absolute Gasteiger partial charge is 0.280 e. The van der Waals surface area contributed by atoms with Crippen LogP contribution in [0.25, 0.3) is 22.3 Å². The predicted octanol–water partition coefficient (Wildman–Crippen LogP) is 4.88. The number of rotatable bonds is 4. The zero-order valence-corrected chi connectivity index (χ0v) is 16.4. The van der Waals surface area contributed by atoms with Crippen molar-refractivity contribution in [2.75, 3.05) is 5.43 Å². The molecule has 0 amide bonds. The number of nitrogens with one attached hydrogen (secondary N) is 1. The molecule has 4 aromatic rings. The lowest BCUT2D eigenvalue weighted by Crippen LogP contribution is -2.31. The SMILES string of the molecule is Cc1cccc(-c2nc3ccccc3c(=O)n2NCc2cccc(Br)c2)c1. The first-order valence-corrected chi connectivity index (χ1v) is 9.48. The van der Waals surface area contributed by atoms with Gasteiger partial charge in [0.1, 0.15) is 0 Å². The Morgan fingerprint density at radius 3 is 2.63 bits per heavy atom. The molecule has 134 valence electrons. The molecule has 1 aromatic heterocycles. The van der Waals surface area contributed by atoms with Crippen LogP contribution in [0.4, 0.5) is 0 Å². The van der Waals surface area contributed by atoms with Gasteiger partial charge in [-0.25, -0.2) is 9.66 Å². The van der Waals surface area contributed by atoms with E-state index in [0.29, 0.717) is 23.3 Å². The second-order valence-corrected chi connectivity index (χ2v) is 7.34. The van der Waals surface area contributed by atoms with E-state index in [-0.39, 0.29) is 5.56 Å². The van der Waals surface area contributed by atoms with Gasteiger partial charge in [0.15, 0.2) is 5.82 Å². The van der Waals surface area contributed by atoms with Crippen LogP contribution in [-0.2, 0) is 6.54 Å². The van der Waals surface area contributed by atoms with Crippen LogP contribution in [-0.4, -0.2) is 9.66 Å². The standard InChI is InChI=1S/C22H18BrN3O/c1-15-6-4-8-17(12-15)21-25-20-11-3-2-10-19(20)22(27)26(21)24-14-16-7-5-9-18(23)13-16/h2-13,24H,14H2,1H3. The molecular weight excluding hydrogens is 402 g/mol. The van der Waals surface area contributed by atoms with Crippen molar-refractivity contribution in [2.45, 2.75) is 13.5 Å². The summed E-state index contributed by atoms with van der Waals surface area (Å²) in [4.78, 5) is 17.9. The van der Waals surface area contributed by atoms with Crippen LogP contribution in [0.15, 0.2) is 82.1 Å². The summed E-state index contributed by atoms with van der Waals surface area (Å²) in [6.07, 6.45) is 0. The van der Waals surface area contributed by atoms with Gasteiger partial charge in [-0.3, -0.25) is 4.79 Å². The van der Waals surface area contributed by atoms with Crippen LogP contribution in [0.5, 0.6) is 0 Å². The molecule has 0 aliphatic heterocycles. The van der Waals surface area contributed by atoms with Crippen LogP contribution in [0, 0.1) is 6.92 Å². The van der Waals surface area contributed by atoms with Crippen molar-refractivity contribution in [1.82, 2.24) is 9.66 Å². The third-order valence-corrected chi connectivity index (χ3v) is 4.88. The second kappa shape index (κ2) is 7.37. The molecule has 0 fully saturated rings. The third kappa shape index (κ3) is 3.64. The summed E-state index contributed by atoms with van der Waals surface area (Å²) in [5.74, 6) is 0.609. The highest BCUT2D eigenvalue weighted by atomic mass is 79.9. The minimum atomic E-state index is -0.105. The van der Waals surface area contributed by atoms with Crippen molar-refractivity contribution in [1.29, 1.82) is 0 Å². The van der Waals surface area contributed by atoms with Crippen molar-refractivity contribution >= 4 is 26.8 Å². The molecule has 0 bridgehead atoms. The van der Waals surface area contributed by atoms with Gasteiger partial charge in [0.05, 0.1) is 17.4 Å². The maximum atomic E-state index is 13.1. The van der Waals surface area contributed by atoms with Gasteiger partial charge >= 0.3 is 0 Å². The van der Waals surface area contributed by atoms with E-state index >= 15 is 0 Å². The van der Waals surface area contributed by atoms with Crippen LogP contribution >= 0.6 is 15.9 Å². The number of para-hydroxylation sites is 1. The maximum absolute atomic E-state index is 13.1. The summed E-state index contributed by atoms with van der Waals surface area (Å²) >= 11 is 3.49. The highest BCUT2D eigenvalue weighted by Gasteiger charge is 2.13. The number of benzene rings is 3. The summed E-state index contributed by atoms with van der Waals surface area (Å²) < 4.78 is 2.56. The van der Waals surface area contributed by atoms with Crippen molar-refractivity contribution in [3.05, 3.63) is 98.7 Å². The molecule has 1 N–H and O–H groups in total. The monoisotopic (exact) mass is 419 g/mol. The van der Waals surface area contributed by atoms with E-state index in [1.807, 2.05) is 79.7 Å². The number of fused-ring (bicyclic) bond motifs is 1. The average Bonchev–Trinajstić information content (AvgIpc) is 2.67. The topological polar surface area (TPSA) is 46.9 Å². The zero-order valence-electron chi connectivity index (χ0n) is 14.8. The van der Waals surface area contributed by atoms with Crippen LogP contribution < -0.4 is 11.0 Å². The van der Waals surface area contributed by atoms with Gasteiger partial charge in [0, 0.05) is 10.0 Å². The van der Waals surface area contributed by atoms with Crippen molar-refractivity contribution < 1.29 is 0 Å². The van der Waals surface area contributed by atoms with Gasteiger partial charge in [-0.15, -0.1) is 0 Å². The highest BCUT2D eigenvalue weighted by molar-refractivity contribution is 9.10. The summed E-state index contributed by atoms with van der Waals surface area (Å²) in [6.45, 7) is 2.54. The largest absolute Gasteiger partial charge is 0.317 e. The Labute approximate surface area is 165 Å². The van der Waals surface area contributed by atoms with E-state index in [4.69, 9.17) is 4.98 Å². The van der Waals surface area contributed by atoms with Gasteiger partial charge < -0.3 is 5.43 Å². The first kappa shape index (κ1) is 17.5. The lowest BCUT2D eigenvalue weighted by Gasteiger charge is -2.16. The van der Waals surface area contributed by atoms with Gasteiger partial charge in [0.2, 0.25) is 0 Å². The normalized spacial score (nSPS) is 10.9. The van der Waals surface area contributed by atoms with E-state index in [1.165, 1.54) is 0 Å². The molecular formula is C22H18BrN3O. The van der Waals surface area contributed by atoms with E-state index in [1.54, 1.807) is 4.68 Å². The van der Waals surface area contributed by atoms with Crippen molar-refractivity contribution in [3.8, 4) is 11.4 Å². The molecule has 0 spiro atoms. The molecule has 3 aromatic carbocycles. The fourth-order valence-electron chi connectivity index (χ4n) is 3.07. The molecule has 5 heteroatoms. The quantitative estimate of drug-likeness (QED) is 0.512. The van der Waals surface area contributed by atoms with Crippen LogP contribution in [0.3, 0.4) is 0 Å². The summed E-state index contributed by atoms with van der Waals surface area (Å²) in [7, 11) is 0. The second-order valence-electron chi connectivity index (χ2n) is 6.43. The molecule has 0 aliphatic rings. The number of nitrogens with zero attached hydrogens (tertiary/aromatic N) is 2. The Kier molecular flexibility index (Phi) is 4.77. The van der Waals surface area contributed by atoms with Gasteiger partial charge in [-0.1, -0.05) is 64.0 Å². The fourth-order valence-corrected chi connectivity index (χ4v) is 3.52. The Hall–Kier alpha value is -2.92. The number of aromatic nitrogens is 2. The molecule has 0 saturated carbocycles. The molecule has 27 heavy (non-hydrogen) atoms. The minimum absolute atomic E-state index is 0.105. The number of halogens is 1. The predicted molar refractivity (Wildman–Crippen MR) is 113 cm³/mol. The molecule has 0 radical (unpaired) electrons. The number of hydrogen-bond donors (Lipinski definition) is 1. The molecule has 0 unspecified atom stereocenters. The van der Waals surface area contributed by atoms with Crippen molar-refractivity contribution in [2.24, 2.45) is 0 Å². The molecule has 4 nitrogen and oxygen atoms in total. The molecule has 0 atom stereocenters. The lowest BCUT2D eigenvalue weighted by atomic mass is 10.1. The van der Waals surface area contributed by atoms with E-state index in [0.717, 1.165) is 21.2 Å². The Bertz CT molecular complexity index is 1180. The first-order chi connectivity index (χ1) is 13.1. The molecule has 0 saturated heterocycles. The Morgan fingerprint density at radius 1 is 1.00 bits per heavy atom. The maximum Gasteiger partial charge on any atom is 0.280 e. The zero-order chi connectivity index (χ0) is 18.8. The molecule has 0 aliphatic carbocycles.